The number of H-pyrrole nitrogens is 1. The second-order valence-corrected chi connectivity index (χ2v) is 10.4. The number of anilines is 1. The summed E-state index contributed by atoms with van der Waals surface area (Å²) in [6, 6.07) is 12.7. The van der Waals surface area contributed by atoms with Crippen molar-refractivity contribution < 1.29 is 19.1 Å². The first-order chi connectivity index (χ1) is 17.6. The summed E-state index contributed by atoms with van der Waals surface area (Å²) < 4.78 is 11.7. The number of hydrogen-bond acceptors (Lipinski definition) is 6. The Morgan fingerprint density at radius 1 is 1.14 bits per heavy atom. The molecule has 3 aromatic rings. The third-order valence-electron chi connectivity index (χ3n) is 6.05. The van der Waals surface area contributed by atoms with Gasteiger partial charge in [0.2, 0.25) is 5.91 Å². The second-order valence-electron chi connectivity index (χ2n) is 10.4. The number of rotatable bonds is 7. The van der Waals surface area contributed by atoms with E-state index in [0.29, 0.717) is 31.0 Å². The summed E-state index contributed by atoms with van der Waals surface area (Å²) in [6.45, 7) is 6.92. The summed E-state index contributed by atoms with van der Waals surface area (Å²) in [5, 5.41) is 9.86. The molecule has 0 saturated carbocycles. The fraction of sp³-hybridized carbons (Fsp3) is 0.393. The lowest BCUT2D eigenvalue weighted by molar-refractivity contribution is -0.121. The molecule has 1 aliphatic heterocycles. The van der Waals surface area contributed by atoms with Crippen molar-refractivity contribution in [1.29, 1.82) is 0 Å². The van der Waals surface area contributed by atoms with E-state index in [2.05, 4.69) is 15.5 Å². The number of nitrogens with zero attached hydrogens (tertiary/aromatic N) is 3. The Labute approximate surface area is 217 Å². The number of aromatic amines is 1. The van der Waals surface area contributed by atoms with Gasteiger partial charge in [-0.25, -0.2) is 4.79 Å². The fourth-order valence-electron chi connectivity index (χ4n) is 4.16. The van der Waals surface area contributed by atoms with Gasteiger partial charge >= 0.3 is 6.09 Å². The highest BCUT2D eigenvalue weighted by atomic mass is 16.6. The van der Waals surface area contributed by atoms with Crippen LogP contribution in [0.4, 0.5) is 10.5 Å². The topological polar surface area (TPSA) is 99.8 Å². The smallest absolute Gasteiger partial charge is 0.411 e. The summed E-state index contributed by atoms with van der Waals surface area (Å²) in [4.78, 5) is 30.3. The van der Waals surface area contributed by atoms with Crippen LogP contribution in [0.5, 0.6) is 5.75 Å². The lowest BCUT2D eigenvalue weighted by atomic mass is 9.93. The minimum Gasteiger partial charge on any atom is -0.490 e. The lowest BCUT2D eigenvalue weighted by Crippen LogP contribution is -2.52. The van der Waals surface area contributed by atoms with Crippen molar-refractivity contribution in [1.82, 2.24) is 20.0 Å². The molecular weight excluding hydrogens is 470 g/mol. The van der Waals surface area contributed by atoms with E-state index in [1.165, 1.54) is 4.90 Å². The van der Waals surface area contributed by atoms with E-state index in [4.69, 9.17) is 9.47 Å². The normalized spacial score (nSPS) is 15.3. The molecule has 0 aliphatic carbocycles. The van der Waals surface area contributed by atoms with Gasteiger partial charge in [0.05, 0.1) is 18.4 Å². The molecule has 2 aromatic carbocycles. The van der Waals surface area contributed by atoms with Crippen LogP contribution in [0.1, 0.15) is 31.9 Å². The maximum atomic E-state index is 13.7. The van der Waals surface area contributed by atoms with Crippen LogP contribution in [0, 0.1) is 0 Å². The van der Waals surface area contributed by atoms with E-state index in [0.717, 1.165) is 28.8 Å². The monoisotopic (exact) mass is 505 g/mol. The predicted octanol–water partition coefficient (Wildman–Crippen LogP) is 4.32. The molecule has 0 radical (unpaired) electrons. The van der Waals surface area contributed by atoms with Gasteiger partial charge in [-0.2, -0.15) is 5.10 Å². The van der Waals surface area contributed by atoms with E-state index in [1.54, 1.807) is 12.4 Å². The van der Waals surface area contributed by atoms with Crippen molar-refractivity contribution >= 4 is 17.7 Å². The lowest BCUT2D eigenvalue weighted by Gasteiger charge is -2.37. The molecule has 1 aromatic heterocycles. The van der Waals surface area contributed by atoms with Crippen molar-refractivity contribution in [2.75, 3.05) is 32.6 Å². The molecule has 9 heteroatoms. The maximum Gasteiger partial charge on any atom is 0.411 e. The van der Waals surface area contributed by atoms with E-state index < -0.39 is 17.7 Å². The van der Waals surface area contributed by atoms with Crippen LogP contribution in [0.3, 0.4) is 0 Å². The molecule has 0 saturated heterocycles. The molecule has 1 atom stereocenters. The third kappa shape index (κ3) is 6.68. The Hall–Kier alpha value is -3.85. The standard InChI is InChI=1S/C28H35N5O4/c1-28(2,3)37-27(35)33-18-21-9-7-6-8-19(21)14-24(33)26(34)31-23-11-10-20(22-16-29-30-17-22)15-25(23)36-13-12-32(4)5/h6-11,15-17,24H,12-14,18H2,1-5H3,(H,29,30)(H,31,34)/t24-/m1/s1. The highest BCUT2D eigenvalue weighted by molar-refractivity contribution is 5.98. The molecule has 9 nitrogen and oxygen atoms in total. The van der Waals surface area contributed by atoms with Crippen LogP contribution >= 0.6 is 0 Å². The Morgan fingerprint density at radius 3 is 2.57 bits per heavy atom. The van der Waals surface area contributed by atoms with Gasteiger partial charge in [0.1, 0.15) is 24.0 Å². The first-order valence-corrected chi connectivity index (χ1v) is 12.4. The number of likely N-dealkylation sites (N-methyl/N-ethyl adjacent to an activating group) is 1. The Morgan fingerprint density at radius 2 is 1.89 bits per heavy atom. The van der Waals surface area contributed by atoms with E-state index in [9.17, 15) is 9.59 Å². The van der Waals surface area contributed by atoms with Crippen LogP contribution in [-0.2, 0) is 22.5 Å². The summed E-state index contributed by atoms with van der Waals surface area (Å²) >= 11 is 0. The molecular formula is C28H35N5O4. The molecule has 0 bridgehead atoms. The van der Waals surface area contributed by atoms with Gasteiger partial charge < -0.3 is 19.7 Å². The Bertz CT molecular complexity index is 1230. The van der Waals surface area contributed by atoms with Crippen molar-refractivity contribution in [3.05, 3.63) is 66.0 Å². The maximum absolute atomic E-state index is 13.7. The second kappa shape index (κ2) is 11.0. The van der Waals surface area contributed by atoms with Gasteiger partial charge in [-0.15, -0.1) is 0 Å². The van der Waals surface area contributed by atoms with Crippen LogP contribution in [-0.4, -0.2) is 70.9 Å². The quantitative estimate of drug-likeness (QED) is 0.496. The zero-order valence-electron chi connectivity index (χ0n) is 22.1. The number of amides is 2. The Balaban J connectivity index is 1.60. The summed E-state index contributed by atoms with van der Waals surface area (Å²) in [5.41, 5.74) is 3.74. The van der Waals surface area contributed by atoms with Crippen LogP contribution in [0.25, 0.3) is 11.1 Å². The number of ether oxygens (including phenoxy) is 2. The van der Waals surface area contributed by atoms with Crippen molar-refractivity contribution in [2.24, 2.45) is 0 Å². The third-order valence-corrected chi connectivity index (χ3v) is 6.05. The van der Waals surface area contributed by atoms with Crippen LogP contribution < -0.4 is 10.1 Å². The summed E-state index contributed by atoms with van der Waals surface area (Å²) in [5.74, 6) is 0.253. The van der Waals surface area contributed by atoms with Crippen LogP contribution in [0.15, 0.2) is 54.9 Å². The van der Waals surface area contributed by atoms with Gasteiger partial charge in [0.15, 0.2) is 0 Å². The molecule has 0 spiro atoms. The molecule has 196 valence electrons. The summed E-state index contributed by atoms with van der Waals surface area (Å²) in [6.07, 6.45) is 3.41. The molecule has 4 rings (SSSR count). The van der Waals surface area contributed by atoms with Crippen molar-refractivity contribution in [2.45, 2.75) is 45.4 Å². The highest BCUT2D eigenvalue weighted by Gasteiger charge is 2.37. The number of nitrogens with one attached hydrogen (secondary N) is 2. The number of hydrogen-bond donors (Lipinski definition) is 2. The van der Waals surface area contributed by atoms with Gasteiger partial charge in [0.25, 0.3) is 0 Å². The number of fused-ring (bicyclic) bond motifs is 1. The minimum atomic E-state index is -0.729. The molecule has 2 amide bonds. The average Bonchev–Trinajstić information content (AvgIpc) is 3.38. The van der Waals surface area contributed by atoms with E-state index in [1.807, 2.05) is 82.2 Å². The largest absolute Gasteiger partial charge is 0.490 e. The molecule has 1 aliphatic rings. The zero-order valence-corrected chi connectivity index (χ0v) is 22.1. The number of benzene rings is 2. The van der Waals surface area contributed by atoms with E-state index in [-0.39, 0.29) is 5.91 Å². The summed E-state index contributed by atoms with van der Waals surface area (Å²) in [7, 11) is 3.94. The molecule has 2 N–H and O–H groups in total. The minimum absolute atomic E-state index is 0.297. The van der Waals surface area contributed by atoms with Gasteiger partial charge in [0, 0.05) is 24.7 Å². The predicted molar refractivity (Wildman–Crippen MR) is 142 cm³/mol. The van der Waals surface area contributed by atoms with Crippen LogP contribution in [0.2, 0.25) is 0 Å². The number of carbonyl (C=O) groups excluding carboxylic acids is 2. The van der Waals surface area contributed by atoms with Gasteiger partial charge in [-0.3, -0.25) is 14.8 Å². The highest BCUT2D eigenvalue weighted by Crippen LogP contribution is 2.32. The number of carbonyl (C=O) groups is 2. The Kier molecular flexibility index (Phi) is 7.83. The SMILES string of the molecule is CN(C)CCOc1cc(-c2cn[nH]c2)ccc1NC(=O)[C@H]1Cc2ccccc2CN1C(=O)OC(C)(C)C. The molecule has 0 unspecified atom stereocenters. The molecule has 2 heterocycles. The van der Waals surface area contributed by atoms with Crippen molar-refractivity contribution in [3.63, 3.8) is 0 Å². The van der Waals surface area contributed by atoms with Gasteiger partial charge in [-0.1, -0.05) is 30.3 Å². The molecule has 0 fully saturated rings. The zero-order chi connectivity index (χ0) is 26.6. The average molecular weight is 506 g/mol. The molecule has 37 heavy (non-hydrogen) atoms. The first kappa shape index (κ1) is 26.2. The van der Waals surface area contributed by atoms with Crippen molar-refractivity contribution in [3.8, 4) is 16.9 Å². The van der Waals surface area contributed by atoms with Gasteiger partial charge in [-0.05, 0) is 63.7 Å². The van der Waals surface area contributed by atoms with E-state index >= 15 is 0 Å². The fourth-order valence-corrected chi connectivity index (χ4v) is 4.16. The number of aromatic nitrogens is 2. The first-order valence-electron chi connectivity index (χ1n) is 12.4.